The molecule has 0 aliphatic carbocycles. The number of hydrogen-bond donors (Lipinski definition) is 0. The molecule has 2 heterocycles. The van der Waals surface area contributed by atoms with E-state index >= 15 is 0 Å². The van der Waals surface area contributed by atoms with E-state index in [1.807, 2.05) is 19.1 Å². The van der Waals surface area contributed by atoms with Crippen LogP contribution in [0.25, 0.3) is 10.8 Å². The molecule has 4 rings (SSSR count). The molecule has 2 aromatic carbocycles. The maximum atomic E-state index is 12.4. The summed E-state index contributed by atoms with van der Waals surface area (Å²) in [6.07, 6.45) is 3.96. The average Bonchev–Trinajstić information content (AvgIpc) is 3.16. The third kappa shape index (κ3) is 2.86. The number of hydrogen-bond acceptors (Lipinski definition) is 5. The molecule has 1 saturated heterocycles. The molecule has 0 saturated carbocycles. The second kappa shape index (κ2) is 7.10. The normalized spacial score (nSPS) is 20.1. The van der Waals surface area contributed by atoms with Crippen LogP contribution in [0.2, 0.25) is 0 Å². The molecule has 2 aromatic rings. The molecule has 0 spiro atoms. The molecule has 0 radical (unpaired) electrons. The number of rotatable bonds is 3. The molecular formula is C20H18N2OS3. The van der Waals surface area contributed by atoms with Crippen LogP contribution in [0.15, 0.2) is 63.4 Å². The Morgan fingerprint density at radius 1 is 1.00 bits per heavy atom. The number of amides is 1. The van der Waals surface area contributed by atoms with Gasteiger partial charge in [-0.25, -0.2) is 0 Å². The lowest BCUT2D eigenvalue weighted by molar-refractivity contribution is -0.122. The first-order valence-corrected chi connectivity index (χ1v) is 10.6. The maximum Gasteiger partial charge on any atom is 0.266 e. The third-order valence-corrected chi connectivity index (χ3v) is 7.01. The van der Waals surface area contributed by atoms with Crippen LogP contribution in [-0.2, 0) is 4.79 Å². The Morgan fingerprint density at radius 2 is 1.77 bits per heavy atom. The SMILES string of the molecule is CCN1C(=O)/C(=C/C=C2\Sc3ccc4ccccc4c3N2CC)SC1=S. The second-order valence-corrected chi connectivity index (χ2v) is 8.67. The van der Waals surface area contributed by atoms with E-state index in [0.29, 0.717) is 15.8 Å². The number of fused-ring (bicyclic) bond motifs is 3. The summed E-state index contributed by atoms with van der Waals surface area (Å²) in [6, 6.07) is 12.8. The van der Waals surface area contributed by atoms with E-state index in [1.54, 1.807) is 16.7 Å². The Hall–Kier alpha value is -1.76. The maximum absolute atomic E-state index is 12.4. The van der Waals surface area contributed by atoms with Crippen molar-refractivity contribution in [2.45, 2.75) is 18.7 Å². The van der Waals surface area contributed by atoms with Crippen molar-refractivity contribution in [3.63, 3.8) is 0 Å². The van der Waals surface area contributed by atoms with Gasteiger partial charge in [0.25, 0.3) is 5.91 Å². The van der Waals surface area contributed by atoms with Crippen molar-refractivity contribution in [2.75, 3.05) is 18.0 Å². The van der Waals surface area contributed by atoms with Gasteiger partial charge in [0.2, 0.25) is 0 Å². The smallest absolute Gasteiger partial charge is 0.266 e. The molecule has 0 bridgehead atoms. The number of allylic oxidation sites excluding steroid dienone is 2. The number of carbonyl (C=O) groups is 1. The molecule has 2 aliphatic rings. The molecule has 6 heteroatoms. The first kappa shape index (κ1) is 17.6. The van der Waals surface area contributed by atoms with Crippen molar-refractivity contribution in [3.8, 4) is 0 Å². The molecule has 0 N–H and O–H groups in total. The standard InChI is InChI=1S/C20H18N2OS3/c1-3-21-17(12-11-16-19(23)22(4-2)20(24)26-16)25-15-10-9-13-7-5-6-8-14(13)18(15)21/h5-12H,3-4H2,1-2H3/b16-11-,17-12-. The van der Waals surface area contributed by atoms with Gasteiger partial charge in [0.15, 0.2) is 0 Å². The Morgan fingerprint density at radius 3 is 2.50 bits per heavy atom. The van der Waals surface area contributed by atoms with Gasteiger partial charge in [0, 0.05) is 23.4 Å². The lowest BCUT2D eigenvalue weighted by Crippen LogP contribution is -2.27. The summed E-state index contributed by atoms with van der Waals surface area (Å²) >= 11 is 8.42. The lowest BCUT2D eigenvalue weighted by atomic mass is 10.1. The topological polar surface area (TPSA) is 23.6 Å². The monoisotopic (exact) mass is 398 g/mol. The molecule has 2 aliphatic heterocycles. The van der Waals surface area contributed by atoms with Crippen LogP contribution in [0.3, 0.4) is 0 Å². The highest BCUT2D eigenvalue weighted by Crippen LogP contribution is 2.49. The third-order valence-electron chi connectivity index (χ3n) is 4.50. The van der Waals surface area contributed by atoms with Gasteiger partial charge in [0.1, 0.15) is 4.32 Å². The van der Waals surface area contributed by atoms with Crippen LogP contribution in [0, 0.1) is 0 Å². The van der Waals surface area contributed by atoms with Crippen LogP contribution in [-0.4, -0.2) is 28.2 Å². The summed E-state index contributed by atoms with van der Waals surface area (Å²) in [5, 5.41) is 3.65. The lowest BCUT2D eigenvalue weighted by Gasteiger charge is -2.19. The van der Waals surface area contributed by atoms with Crippen LogP contribution in [0.1, 0.15) is 13.8 Å². The van der Waals surface area contributed by atoms with Crippen LogP contribution in [0.5, 0.6) is 0 Å². The van der Waals surface area contributed by atoms with E-state index in [9.17, 15) is 4.79 Å². The van der Waals surface area contributed by atoms with Gasteiger partial charge in [-0.1, -0.05) is 66.1 Å². The van der Waals surface area contributed by atoms with Crippen molar-refractivity contribution in [3.05, 3.63) is 58.5 Å². The summed E-state index contributed by atoms with van der Waals surface area (Å²) in [5.74, 6) is 0.00774. The summed E-state index contributed by atoms with van der Waals surface area (Å²) in [7, 11) is 0. The van der Waals surface area contributed by atoms with Crippen molar-refractivity contribution >= 4 is 62.4 Å². The number of anilines is 1. The van der Waals surface area contributed by atoms with E-state index < -0.39 is 0 Å². The second-order valence-electron chi connectivity index (χ2n) is 5.93. The fourth-order valence-corrected chi connectivity index (χ4v) is 5.72. The summed E-state index contributed by atoms with van der Waals surface area (Å²) in [4.78, 5) is 18.3. The van der Waals surface area contributed by atoms with Gasteiger partial charge in [-0.15, -0.1) is 0 Å². The molecule has 1 fully saturated rings. The average molecular weight is 399 g/mol. The fourth-order valence-electron chi connectivity index (χ4n) is 3.25. The highest BCUT2D eigenvalue weighted by atomic mass is 32.2. The van der Waals surface area contributed by atoms with E-state index in [4.69, 9.17) is 12.2 Å². The molecule has 26 heavy (non-hydrogen) atoms. The van der Waals surface area contributed by atoms with Crippen molar-refractivity contribution in [2.24, 2.45) is 0 Å². The predicted octanol–water partition coefficient (Wildman–Crippen LogP) is 5.38. The van der Waals surface area contributed by atoms with Gasteiger partial charge < -0.3 is 4.90 Å². The van der Waals surface area contributed by atoms with E-state index in [0.717, 1.165) is 11.6 Å². The highest BCUT2D eigenvalue weighted by Gasteiger charge is 2.31. The first-order valence-electron chi connectivity index (χ1n) is 8.56. The van der Waals surface area contributed by atoms with Crippen molar-refractivity contribution in [1.29, 1.82) is 0 Å². The Labute approximate surface area is 167 Å². The van der Waals surface area contributed by atoms with Crippen LogP contribution >= 0.6 is 35.7 Å². The largest absolute Gasteiger partial charge is 0.335 e. The Bertz CT molecular complexity index is 980. The zero-order valence-electron chi connectivity index (χ0n) is 14.6. The van der Waals surface area contributed by atoms with Crippen LogP contribution < -0.4 is 4.90 Å². The van der Waals surface area contributed by atoms with Gasteiger partial charge >= 0.3 is 0 Å². The Kier molecular flexibility index (Phi) is 4.82. The van der Waals surface area contributed by atoms with Crippen LogP contribution in [0.4, 0.5) is 5.69 Å². The molecule has 0 aromatic heterocycles. The molecule has 0 unspecified atom stereocenters. The number of likely N-dealkylation sites (N-methyl/N-ethyl adjacent to an activating group) is 1. The highest BCUT2D eigenvalue weighted by molar-refractivity contribution is 8.26. The number of nitrogens with zero attached hydrogens (tertiary/aromatic N) is 2. The summed E-state index contributed by atoms with van der Waals surface area (Å²) in [5.41, 5.74) is 1.26. The zero-order valence-corrected chi connectivity index (χ0v) is 17.0. The van der Waals surface area contributed by atoms with Crippen molar-refractivity contribution < 1.29 is 4.79 Å². The minimum Gasteiger partial charge on any atom is -0.335 e. The minimum absolute atomic E-state index is 0.00774. The van der Waals surface area contributed by atoms with E-state index in [1.165, 1.54) is 33.1 Å². The van der Waals surface area contributed by atoms with Gasteiger partial charge in [-0.2, -0.15) is 0 Å². The summed E-state index contributed by atoms with van der Waals surface area (Å²) < 4.78 is 0.642. The number of thiocarbonyl (C=S) groups is 1. The van der Waals surface area contributed by atoms with E-state index in [2.05, 4.69) is 48.2 Å². The van der Waals surface area contributed by atoms with Gasteiger partial charge in [-0.3, -0.25) is 9.69 Å². The fraction of sp³-hybridized carbons (Fsp3) is 0.200. The quantitative estimate of drug-likeness (QED) is 0.510. The van der Waals surface area contributed by atoms with Crippen molar-refractivity contribution in [1.82, 2.24) is 4.90 Å². The number of thioether (sulfide) groups is 2. The molecule has 1 amide bonds. The predicted molar refractivity (Wildman–Crippen MR) is 117 cm³/mol. The zero-order chi connectivity index (χ0) is 18.3. The first-order chi connectivity index (χ1) is 12.6. The Balaban J connectivity index is 1.71. The van der Waals surface area contributed by atoms with Gasteiger partial charge in [-0.05, 0) is 37.5 Å². The number of carbonyl (C=O) groups excluding carboxylic acids is 1. The molecule has 132 valence electrons. The van der Waals surface area contributed by atoms with Gasteiger partial charge in [0.05, 0.1) is 15.6 Å². The number of benzene rings is 2. The summed E-state index contributed by atoms with van der Waals surface area (Å²) in [6.45, 7) is 5.59. The molecule has 0 atom stereocenters. The molecule has 3 nitrogen and oxygen atoms in total. The minimum atomic E-state index is 0.00774. The van der Waals surface area contributed by atoms with E-state index in [-0.39, 0.29) is 5.91 Å². The molecular weight excluding hydrogens is 380 g/mol.